The zero-order valence-corrected chi connectivity index (χ0v) is 14.2. The number of primary amides is 1. The second-order valence-corrected chi connectivity index (χ2v) is 5.99. The molecule has 0 bridgehead atoms. The van der Waals surface area contributed by atoms with Gasteiger partial charge in [-0.2, -0.15) is 0 Å². The topological polar surface area (TPSA) is 113 Å². The Morgan fingerprint density at radius 1 is 1.00 bits per heavy atom. The van der Waals surface area contributed by atoms with Gasteiger partial charge in [-0.05, 0) is 30.7 Å². The second-order valence-electron chi connectivity index (χ2n) is 5.99. The first-order chi connectivity index (χ1) is 11.5. The first kappa shape index (κ1) is 20.1. The van der Waals surface area contributed by atoms with Crippen LogP contribution in [0.3, 0.4) is 0 Å². The van der Waals surface area contributed by atoms with Crippen LogP contribution in [0.2, 0.25) is 0 Å². The molecule has 0 radical (unpaired) electrons. The lowest BCUT2D eigenvalue weighted by Gasteiger charge is -2.18. The van der Waals surface area contributed by atoms with Gasteiger partial charge in [-0.3, -0.25) is 9.59 Å². The quantitative estimate of drug-likeness (QED) is 0.460. The predicted molar refractivity (Wildman–Crippen MR) is 92.7 cm³/mol. The van der Waals surface area contributed by atoms with Crippen molar-refractivity contribution in [2.45, 2.75) is 57.7 Å². The van der Waals surface area contributed by atoms with Gasteiger partial charge in [0.05, 0.1) is 12.2 Å². The number of aliphatic hydroxyl groups excluding tert-OH is 2. The molecule has 2 atom stereocenters. The highest BCUT2D eigenvalue weighted by Crippen LogP contribution is 2.09. The Hall–Kier alpha value is -1.92. The molecule has 0 fully saturated rings. The van der Waals surface area contributed by atoms with Crippen LogP contribution in [0.25, 0.3) is 0 Å². The summed E-state index contributed by atoms with van der Waals surface area (Å²) in [5, 5.41) is 22.4. The van der Waals surface area contributed by atoms with Crippen molar-refractivity contribution in [3.05, 3.63) is 35.4 Å². The van der Waals surface area contributed by atoms with Gasteiger partial charge >= 0.3 is 0 Å². The van der Waals surface area contributed by atoms with Crippen molar-refractivity contribution in [2.75, 3.05) is 6.54 Å². The summed E-state index contributed by atoms with van der Waals surface area (Å²) in [4.78, 5) is 22.9. The first-order valence-electron chi connectivity index (χ1n) is 8.50. The van der Waals surface area contributed by atoms with E-state index < -0.39 is 18.1 Å². The van der Waals surface area contributed by atoms with E-state index in [2.05, 4.69) is 12.2 Å². The van der Waals surface area contributed by atoms with Crippen LogP contribution in [0.4, 0.5) is 0 Å². The Kier molecular flexibility index (Phi) is 9.04. The zero-order chi connectivity index (χ0) is 17.9. The molecule has 2 unspecified atom stereocenters. The lowest BCUT2D eigenvalue weighted by atomic mass is 10.0. The summed E-state index contributed by atoms with van der Waals surface area (Å²) in [5.41, 5.74) is 5.82. The molecule has 6 nitrogen and oxygen atoms in total. The average molecular weight is 336 g/mol. The highest BCUT2D eigenvalue weighted by atomic mass is 16.3. The van der Waals surface area contributed by atoms with Crippen molar-refractivity contribution < 1.29 is 19.8 Å². The Balaban J connectivity index is 2.33. The number of benzene rings is 1. The molecule has 1 aromatic rings. The fraction of sp³-hybridized carbons (Fsp3) is 0.556. The molecule has 24 heavy (non-hydrogen) atoms. The molecule has 5 N–H and O–H groups in total. The van der Waals surface area contributed by atoms with Crippen LogP contribution in [-0.2, 0) is 0 Å². The SMILES string of the molecule is CCCCCCCC(O)C(O)CNC(=O)c1ccc(C(N)=O)cc1. The van der Waals surface area contributed by atoms with Gasteiger partial charge in [0.2, 0.25) is 5.91 Å². The molecule has 1 rings (SSSR count). The van der Waals surface area contributed by atoms with E-state index in [1.54, 1.807) is 0 Å². The van der Waals surface area contributed by atoms with Crippen molar-refractivity contribution in [3.63, 3.8) is 0 Å². The lowest BCUT2D eigenvalue weighted by molar-refractivity contribution is 0.0141. The van der Waals surface area contributed by atoms with Crippen molar-refractivity contribution in [1.82, 2.24) is 5.32 Å². The number of amides is 2. The predicted octanol–water partition coefficient (Wildman–Crippen LogP) is 1.60. The number of carbonyl (C=O) groups is 2. The molecule has 0 aromatic heterocycles. The van der Waals surface area contributed by atoms with Crippen LogP contribution in [0, 0.1) is 0 Å². The van der Waals surface area contributed by atoms with Crippen LogP contribution < -0.4 is 11.1 Å². The van der Waals surface area contributed by atoms with Gasteiger partial charge in [-0.1, -0.05) is 39.0 Å². The molecule has 134 valence electrons. The minimum Gasteiger partial charge on any atom is -0.390 e. The lowest BCUT2D eigenvalue weighted by Crippen LogP contribution is -2.39. The van der Waals surface area contributed by atoms with E-state index >= 15 is 0 Å². The van der Waals surface area contributed by atoms with E-state index in [1.807, 2.05) is 0 Å². The number of nitrogens with two attached hydrogens (primary N) is 1. The van der Waals surface area contributed by atoms with Gasteiger partial charge in [-0.25, -0.2) is 0 Å². The maximum absolute atomic E-state index is 12.0. The largest absolute Gasteiger partial charge is 0.390 e. The van der Waals surface area contributed by atoms with Crippen molar-refractivity contribution in [3.8, 4) is 0 Å². The van der Waals surface area contributed by atoms with E-state index in [9.17, 15) is 19.8 Å². The van der Waals surface area contributed by atoms with Gasteiger partial charge < -0.3 is 21.3 Å². The number of unbranched alkanes of at least 4 members (excludes halogenated alkanes) is 4. The summed E-state index contributed by atoms with van der Waals surface area (Å²) in [6.07, 6.45) is 4.07. The van der Waals surface area contributed by atoms with Crippen LogP contribution in [0.5, 0.6) is 0 Å². The van der Waals surface area contributed by atoms with E-state index in [-0.39, 0.29) is 12.5 Å². The zero-order valence-electron chi connectivity index (χ0n) is 14.2. The normalized spacial score (nSPS) is 13.3. The number of hydrogen-bond acceptors (Lipinski definition) is 4. The third kappa shape index (κ3) is 7.10. The maximum Gasteiger partial charge on any atom is 0.251 e. The van der Waals surface area contributed by atoms with E-state index in [1.165, 1.54) is 30.7 Å². The monoisotopic (exact) mass is 336 g/mol. The molecule has 0 saturated carbocycles. The summed E-state index contributed by atoms with van der Waals surface area (Å²) in [7, 11) is 0. The third-order valence-electron chi connectivity index (χ3n) is 3.95. The molecular weight excluding hydrogens is 308 g/mol. The van der Waals surface area contributed by atoms with Gasteiger partial charge in [0.1, 0.15) is 0 Å². The standard InChI is InChI=1S/C18H28N2O4/c1-2-3-4-5-6-7-15(21)16(22)12-20-18(24)14-10-8-13(9-11-14)17(19)23/h8-11,15-16,21-22H,2-7,12H2,1H3,(H2,19,23)(H,20,24). The third-order valence-corrected chi connectivity index (χ3v) is 3.95. The Labute approximate surface area is 143 Å². The summed E-state index contributed by atoms with van der Waals surface area (Å²) in [5.74, 6) is -0.931. The fourth-order valence-corrected chi connectivity index (χ4v) is 2.37. The molecule has 0 aliphatic carbocycles. The minimum atomic E-state index is -0.995. The fourth-order valence-electron chi connectivity index (χ4n) is 2.37. The van der Waals surface area contributed by atoms with Crippen LogP contribution in [-0.4, -0.2) is 40.8 Å². The average Bonchev–Trinajstić information content (AvgIpc) is 2.59. The van der Waals surface area contributed by atoms with Crippen molar-refractivity contribution in [2.24, 2.45) is 5.73 Å². The Bertz CT molecular complexity index is 516. The summed E-state index contributed by atoms with van der Waals surface area (Å²) in [6, 6.07) is 5.93. The van der Waals surface area contributed by atoms with Gasteiger partial charge in [-0.15, -0.1) is 0 Å². The number of nitrogens with one attached hydrogen (secondary N) is 1. The highest BCUT2D eigenvalue weighted by Gasteiger charge is 2.17. The number of hydrogen-bond donors (Lipinski definition) is 4. The summed E-state index contributed by atoms with van der Waals surface area (Å²) >= 11 is 0. The Morgan fingerprint density at radius 2 is 1.58 bits per heavy atom. The van der Waals surface area contributed by atoms with Crippen molar-refractivity contribution >= 4 is 11.8 Å². The molecular formula is C18H28N2O4. The van der Waals surface area contributed by atoms with Crippen LogP contribution in [0.15, 0.2) is 24.3 Å². The smallest absolute Gasteiger partial charge is 0.251 e. The number of aliphatic hydroxyl groups is 2. The molecule has 0 spiro atoms. The molecule has 6 heteroatoms. The summed E-state index contributed by atoms with van der Waals surface area (Å²) in [6.45, 7) is 2.12. The van der Waals surface area contributed by atoms with E-state index in [4.69, 9.17) is 5.73 Å². The molecule has 0 aliphatic rings. The van der Waals surface area contributed by atoms with Gasteiger partial charge in [0.25, 0.3) is 5.91 Å². The molecule has 0 saturated heterocycles. The molecule has 0 heterocycles. The summed E-state index contributed by atoms with van der Waals surface area (Å²) < 4.78 is 0. The minimum absolute atomic E-state index is 0.0213. The van der Waals surface area contributed by atoms with Crippen LogP contribution in [0.1, 0.15) is 66.2 Å². The first-order valence-corrected chi connectivity index (χ1v) is 8.50. The number of carbonyl (C=O) groups excluding carboxylic acids is 2. The Morgan fingerprint density at radius 3 is 2.17 bits per heavy atom. The van der Waals surface area contributed by atoms with E-state index in [0.717, 1.165) is 25.7 Å². The second kappa shape index (κ2) is 10.8. The number of rotatable bonds is 11. The maximum atomic E-state index is 12.0. The van der Waals surface area contributed by atoms with E-state index in [0.29, 0.717) is 17.5 Å². The molecule has 1 aromatic carbocycles. The molecule has 0 aliphatic heterocycles. The van der Waals surface area contributed by atoms with Crippen molar-refractivity contribution in [1.29, 1.82) is 0 Å². The highest BCUT2D eigenvalue weighted by molar-refractivity contribution is 5.97. The molecule has 2 amide bonds. The van der Waals surface area contributed by atoms with Gasteiger partial charge in [0, 0.05) is 17.7 Å². The van der Waals surface area contributed by atoms with Gasteiger partial charge in [0.15, 0.2) is 0 Å². The van der Waals surface area contributed by atoms with Crippen LogP contribution >= 0.6 is 0 Å².